The number of sulfonamides is 1. The number of amides is 1. The van der Waals surface area contributed by atoms with Crippen LogP contribution in [0.3, 0.4) is 0 Å². The number of fused-ring (bicyclic) bond motifs is 1. The molecule has 9 heteroatoms. The third-order valence-corrected chi connectivity index (χ3v) is 6.20. The van der Waals surface area contributed by atoms with Gasteiger partial charge in [-0.15, -0.1) is 0 Å². The Hall–Kier alpha value is -2.94. The molecule has 1 unspecified atom stereocenters. The Morgan fingerprint density at radius 3 is 2.34 bits per heavy atom. The smallest absolute Gasteiger partial charge is 0.241 e. The zero-order valence-corrected chi connectivity index (χ0v) is 19.6. The largest absolute Gasteiger partial charge is 0.497 e. The number of rotatable bonds is 9. The molecule has 32 heavy (non-hydrogen) atoms. The van der Waals surface area contributed by atoms with E-state index in [-0.39, 0.29) is 12.6 Å². The highest BCUT2D eigenvalue weighted by Gasteiger charge is 2.25. The summed E-state index contributed by atoms with van der Waals surface area (Å²) in [5, 5.41) is 2.99. The van der Waals surface area contributed by atoms with Gasteiger partial charge in [0.25, 0.3) is 0 Å². The third-order valence-electron chi connectivity index (χ3n) is 5.06. The molecule has 3 rings (SSSR count). The highest BCUT2D eigenvalue weighted by molar-refractivity contribution is 7.92. The van der Waals surface area contributed by atoms with Gasteiger partial charge in [0.05, 0.1) is 25.1 Å². The van der Waals surface area contributed by atoms with Crippen LogP contribution in [0.1, 0.15) is 31.9 Å². The van der Waals surface area contributed by atoms with Crippen molar-refractivity contribution in [3.63, 3.8) is 0 Å². The maximum atomic E-state index is 13.0. The number of ether oxygens (including phenoxy) is 3. The number of benzene rings is 2. The summed E-state index contributed by atoms with van der Waals surface area (Å²) in [6.07, 6.45) is 1.78. The summed E-state index contributed by atoms with van der Waals surface area (Å²) in [5.41, 5.74) is 1.27. The van der Waals surface area contributed by atoms with Crippen molar-refractivity contribution >= 4 is 21.6 Å². The van der Waals surface area contributed by atoms with Gasteiger partial charge < -0.3 is 19.5 Å². The first-order valence-corrected chi connectivity index (χ1v) is 12.3. The second kappa shape index (κ2) is 10.1. The van der Waals surface area contributed by atoms with E-state index < -0.39 is 15.9 Å². The Labute approximate surface area is 189 Å². The summed E-state index contributed by atoms with van der Waals surface area (Å²) in [6, 6.07) is 12.1. The highest BCUT2D eigenvalue weighted by atomic mass is 32.2. The zero-order chi connectivity index (χ0) is 23.3. The van der Waals surface area contributed by atoms with Gasteiger partial charge in [-0.05, 0) is 42.2 Å². The lowest BCUT2D eigenvalue weighted by Crippen LogP contribution is -2.41. The predicted octanol–water partition coefficient (Wildman–Crippen LogP) is 3.14. The number of hydrogen-bond donors (Lipinski definition) is 1. The predicted molar refractivity (Wildman–Crippen MR) is 123 cm³/mol. The van der Waals surface area contributed by atoms with Crippen LogP contribution in [0.4, 0.5) is 5.69 Å². The number of carbonyl (C=O) groups excluding carboxylic acids is 1. The minimum atomic E-state index is -3.71. The van der Waals surface area contributed by atoms with E-state index >= 15 is 0 Å². The van der Waals surface area contributed by atoms with Gasteiger partial charge in [0, 0.05) is 6.07 Å². The lowest BCUT2D eigenvalue weighted by molar-refractivity contribution is -0.120. The maximum absolute atomic E-state index is 13.0. The molecule has 0 aliphatic carbocycles. The second-order valence-corrected chi connectivity index (χ2v) is 10.0. The van der Waals surface area contributed by atoms with Crippen molar-refractivity contribution in [3.05, 3.63) is 48.0 Å². The normalized spacial score (nSPS) is 14.0. The third kappa shape index (κ3) is 6.06. The van der Waals surface area contributed by atoms with Crippen LogP contribution in [0.25, 0.3) is 0 Å². The minimum absolute atomic E-state index is 0.255. The number of nitrogens with zero attached hydrogens (tertiary/aromatic N) is 1. The fourth-order valence-electron chi connectivity index (χ4n) is 3.54. The Morgan fingerprint density at radius 2 is 1.75 bits per heavy atom. The van der Waals surface area contributed by atoms with Gasteiger partial charge in [-0.3, -0.25) is 9.10 Å². The van der Waals surface area contributed by atoms with E-state index in [1.54, 1.807) is 25.3 Å². The standard InChI is InChI=1S/C23H30N2O6S/c1-16(2)13-20(17-5-8-19(29-3)9-6-17)24-23(26)15-25(32(4,27)28)18-7-10-21-22(14-18)31-12-11-30-21/h5-10,14,16,20H,11-13,15H2,1-4H3,(H,24,26). The van der Waals surface area contributed by atoms with Crippen LogP contribution in [-0.4, -0.2) is 47.4 Å². The van der Waals surface area contributed by atoms with E-state index in [0.717, 1.165) is 21.9 Å². The lowest BCUT2D eigenvalue weighted by atomic mass is 9.97. The first-order chi connectivity index (χ1) is 15.2. The van der Waals surface area contributed by atoms with Gasteiger partial charge >= 0.3 is 0 Å². The molecule has 0 saturated heterocycles. The molecule has 0 saturated carbocycles. The van der Waals surface area contributed by atoms with E-state index in [1.807, 2.05) is 24.3 Å². The number of anilines is 1. The number of carbonyl (C=O) groups is 1. The summed E-state index contributed by atoms with van der Waals surface area (Å²) in [5.74, 6) is 1.66. The van der Waals surface area contributed by atoms with Gasteiger partial charge in [-0.1, -0.05) is 26.0 Å². The summed E-state index contributed by atoms with van der Waals surface area (Å²) >= 11 is 0. The number of methoxy groups -OCH3 is 1. The van der Waals surface area contributed by atoms with Gasteiger partial charge in [-0.25, -0.2) is 8.42 Å². The van der Waals surface area contributed by atoms with E-state index in [0.29, 0.717) is 42.7 Å². The summed E-state index contributed by atoms with van der Waals surface area (Å²) < 4.78 is 42.3. The summed E-state index contributed by atoms with van der Waals surface area (Å²) in [6.45, 7) is 4.62. The first kappa shape index (κ1) is 23.7. The minimum Gasteiger partial charge on any atom is -0.497 e. The van der Waals surface area contributed by atoms with Gasteiger partial charge in [0.2, 0.25) is 15.9 Å². The zero-order valence-electron chi connectivity index (χ0n) is 18.8. The Balaban J connectivity index is 1.80. The quantitative estimate of drug-likeness (QED) is 0.615. The van der Waals surface area contributed by atoms with Crippen molar-refractivity contribution in [2.75, 3.05) is 37.4 Å². The average molecular weight is 463 g/mol. The molecule has 1 N–H and O–H groups in total. The molecule has 2 aromatic carbocycles. The molecule has 0 spiro atoms. The molecule has 1 amide bonds. The molecule has 0 bridgehead atoms. The molecule has 1 heterocycles. The molecular formula is C23H30N2O6S. The lowest BCUT2D eigenvalue weighted by Gasteiger charge is -2.26. The topological polar surface area (TPSA) is 94.2 Å². The van der Waals surface area contributed by atoms with Crippen LogP contribution < -0.4 is 23.8 Å². The highest BCUT2D eigenvalue weighted by Crippen LogP contribution is 2.34. The Morgan fingerprint density at radius 1 is 1.09 bits per heavy atom. The van der Waals surface area contributed by atoms with Gasteiger partial charge in [-0.2, -0.15) is 0 Å². The molecule has 0 fully saturated rings. The maximum Gasteiger partial charge on any atom is 0.241 e. The SMILES string of the molecule is COc1ccc(C(CC(C)C)NC(=O)CN(c2ccc3c(c2)OCCO3)S(C)(=O)=O)cc1. The van der Waals surface area contributed by atoms with E-state index in [9.17, 15) is 13.2 Å². The van der Waals surface area contributed by atoms with Crippen molar-refractivity contribution < 1.29 is 27.4 Å². The molecule has 174 valence electrons. The average Bonchev–Trinajstić information content (AvgIpc) is 2.75. The van der Waals surface area contributed by atoms with E-state index in [4.69, 9.17) is 14.2 Å². The van der Waals surface area contributed by atoms with Crippen LogP contribution >= 0.6 is 0 Å². The fraction of sp³-hybridized carbons (Fsp3) is 0.435. The monoisotopic (exact) mass is 462 g/mol. The van der Waals surface area contributed by atoms with Crippen LogP contribution in [0.2, 0.25) is 0 Å². The molecular weight excluding hydrogens is 432 g/mol. The Bertz CT molecular complexity index is 1040. The van der Waals surface area contributed by atoms with E-state index in [2.05, 4.69) is 19.2 Å². The van der Waals surface area contributed by atoms with Crippen molar-refractivity contribution in [2.24, 2.45) is 5.92 Å². The second-order valence-electron chi connectivity index (χ2n) is 8.12. The van der Waals surface area contributed by atoms with Gasteiger partial charge in [0.1, 0.15) is 25.5 Å². The number of hydrogen-bond acceptors (Lipinski definition) is 6. The first-order valence-electron chi connectivity index (χ1n) is 10.5. The van der Waals surface area contributed by atoms with Crippen LogP contribution in [0.15, 0.2) is 42.5 Å². The van der Waals surface area contributed by atoms with Crippen LogP contribution in [0.5, 0.6) is 17.2 Å². The molecule has 0 aromatic heterocycles. The molecule has 0 radical (unpaired) electrons. The van der Waals surface area contributed by atoms with Crippen molar-refractivity contribution in [1.82, 2.24) is 5.32 Å². The van der Waals surface area contributed by atoms with Crippen LogP contribution in [-0.2, 0) is 14.8 Å². The molecule has 1 atom stereocenters. The van der Waals surface area contributed by atoms with Crippen molar-refractivity contribution in [3.8, 4) is 17.2 Å². The van der Waals surface area contributed by atoms with Crippen molar-refractivity contribution in [2.45, 2.75) is 26.3 Å². The van der Waals surface area contributed by atoms with Gasteiger partial charge in [0.15, 0.2) is 11.5 Å². The van der Waals surface area contributed by atoms with E-state index in [1.165, 1.54) is 0 Å². The fourth-order valence-corrected chi connectivity index (χ4v) is 4.39. The van der Waals surface area contributed by atoms with Crippen molar-refractivity contribution in [1.29, 1.82) is 0 Å². The molecule has 1 aliphatic heterocycles. The number of nitrogens with one attached hydrogen (secondary N) is 1. The molecule has 1 aliphatic rings. The Kier molecular flexibility index (Phi) is 7.50. The van der Waals surface area contributed by atoms with Crippen LogP contribution in [0, 0.1) is 5.92 Å². The molecule has 8 nitrogen and oxygen atoms in total. The summed E-state index contributed by atoms with van der Waals surface area (Å²) in [4.78, 5) is 13.0. The molecule has 2 aromatic rings. The summed E-state index contributed by atoms with van der Waals surface area (Å²) in [7, 11) is -2.12.